The first-order chi connectivity index (χ1) is 9.65. The number of aryl methyl sites for hydroxylation is 1. The molecule has 20 heavy (non-hydrogen) atoms. The van der Waals surface area contributed by atoms with Crippen molar-refractivity contribution in [3.05, 3.63) is 59.9 Å². The number of ether oxygens (including phenoxy) is 1. The average Bonchev–Trinajstić information content (AvgIpc) is 2.45. The van der Waals surface area contributed by atoms with Crippen LogP contribution in [0.1, 0.15) is 5.56 Å². The van der Waals surface area contributed by atoms with E-state index in [2.05, 4.69) is 5.32 Å². The van der Waals surface area contributed by atoms with Gasteiger partial charge in [-0.25, -0.2) is 4.39 Å². The Balaban J connectivity index is 1.79. The van der Waals surface area contributed by atoms with E-state index in [1.54, 1.807) is 6.07 Å². The number of rotatable bonds is 6. The Bertz CT molecular complexity index is 545. The summed E-state index contributed by atoms with van der Waals surface area (Å²) in [6.07, 6.45) is -0.639. The fourth-order valence-electron chi connectivity index (χ4n) is 1.82. The summed E-state index contributed by atoms with van der Waals surface area (Å²) in [5, 5.41) is 12.9. The van der Waals surface area contributed by atoms with Gasteiger partial charge >= 0.3 is 0 Å². The molecule has 106 valence electrons. The van der Waals surface area contributed by atoms with Crippen LogP contribution in [0.2, 0.25) is 0 Å². The van der Waals surface area contributed by atoms with Crippen LogP contribution in [0, 0.1) is 12.7 Å². The van der Waals surface area contributed by atoms with Crippen LogP contribution in [0.25, 0.3) is 0 Å². The van der Waals surface area contributed by atoms with Gasteiger partial charge in [0.05, 0.1) is 0 Å². The van der Waals surface area contributed by atoms with E-state index in [-0.39, 0.29) is 12.4 Å². The lowest BCUT2D eigenvalue weighted by Gasteiger charge is -2.15. The maximum absolute atomic E-state index is 13.0. The van der Waals surface area contributed by atoms with Crippen molar-refractivity contribution >= 4 is 5.69 Å². The van der Waals surface area contributed by atoms with E-state index in [9.17, 15) is 9.50 Å². The van der Waals surface area contributed by atoms with Crippen molar-refractivity contribution in [2.24, 2.45) is 0 Å². The topological polar surface area (TPSA) is 41.5 Å². The molecule has 0 bridgehead atoms. The van der Waals surface area contributed by atoms with Crippen molar-refractivity contribution in [3.63, 3.8) is 0 Å². The predicted octanol–water partition coefficient (Wildman–Crippen LogP) is 2.99. The molecule has 0 spiro atoms. The number of aliphatic hydroxyl groups excluding tert-OH is 1. The minimum atomic E-state index is -0.639. The van der Waals surface area contributed by atoms with E-state index in [1.165, 1.54) is 12.1 Å². The quantitative estimate of drug-likeness (QED) is 0.851. The Morgan fingerprint density at radius 2 is 1.95 bits per heavy atom. The molecule has 0 aromatic heterocycles. The van der Waals surface area contributed by atoms with Gasteiger partial charge in [-0.05, 0) is 42.8 Å². The molecule has 1 unspecified atom stereocenters. The third-order valence-electron chi connectivity index (χ3n) is 2.90. The van der Waals surface area contributed by atoms with Gasteiger partial charge in [0.25, 0.3) is 0 Å². The Morgan fingerprint density at radius 3 is 2.65 bits per heavy atom. The van der Waals surface area contributed by atoms with Gasteiger partial charge in [-0.2, -0.15) is 0 Å². The second-order valence-corrected chi connectivity index (χ2v) is 4.62. The summed E-state index contributed by atoms with van der Waals surface area (Å²) in [6.45, 7) is 2.37. The van der Waals surface area contributed by atoms with Crippen LogP contribution >= 0.6 is 0 Å². The van der Waals surface area contributed by atoms with Crippen molar-refractivity contribution in [2.45, 2.75) is 13.0 Å². The fraction of sp³-hybridized carbons (Fsp3) is 0.250. The van der Waals surface area contributed by atoms with Crippen LogP contribution in [0.5, 0.6) is 5.75 Å². The van der Waals surface area contributed by atoms with Gasteiger partial charge in [0.1, 0.15) is 24.3 Å². The zero-order valence-corrected chi connectivity index (χ0v) is 11.3. The van der Waals surface area contributed by atoms with E-state index < -0.39 is 6.10 Å². The van der Waals surface area contributed by atoms with Crippen LogP contribution in [0.15, 0.2) is 48.5 Å². The van der Waals surface area contributed by atoms with Crippen molar-refractivity contribution in [3.8, 4) is 5.75 Å². The lowest BCUT2D eigenvalue weighted by Crippen LogP contribution is -2.26. The summed E-state index contributed by atoms with van der Waals surface area (Å²) < 4.78 is 18.4. The third kappa shape index (κ3) is 4.24. The summed E-state index contributed by atoms with van der Waals surface area (Å²) in [7, 11) is 0. The Morgan fingerprint density at radius 1 is 1.20 bits per heavy atom. The van der Waals surface area contributed by atoms with Crippen molar-refractivity contribution < 1.29 is 14.2 Å². The molecule has 3 nitrogen and oxygen atoms in total. The van der Waals surface area contributed by atoms with E-state index >= 15 is 0 Å². The van der Waals surface area contributed by atoms with Gasteiger partial charge in [0.2, 0.25) is 0 Å². The first-order valence-corrected chi connectivity index (χ1v) is 6.51. The predicted molar refractivity (Wildman–Crippen MR) is 77.6 cm³/mol. The van der Waals surface area contributed by atoms with Gasteiger partial charge < -0.3 is 15.2 Å². The highest BCUT2D eigenvalue weighted by Crippen LogP contribution is 2.15. The van der Waals surface area contributed by atoms with Gasteiger partial charge in [-0.3, -0.25) is 0 Å². The second-order valence-electron chi connectivity index (χ2n) is 4.62. The molecule has 0 radical (unpaired) electrons. The summed E-state index contributed by atoms with van der Waals surface area (Å²) in [4.78, 5) is 0. The summed E-state index contributed by atoms with van der Waals surface area (Å²) in [6, 6.07) is 13.8. The highest BCUT2D eigenvalue weighted by molar-refractivity contribution is 5.50. The van der Waals surface area contributed by atoms with Gasteiger partial charge in [-0.15, -0.1) is 0 Å². The minimum Gasteiger partial charge on any atom is -0.491 e. The number of nitrogens with one attached hydrogen (secondary N) is 1. The van der Waals surface area contributed by atoms with Gasteiger partial charge in [0, 0.05) is 12.2 Å². The number of benzene rings is 2. The Kier molecular flexibility index (Phi) is 4.96. The molecule has 0 saturated heterocycles. The Labute approximate surface area is 118 Å². The molecule has 0 heterocycles. The zero-order valence-electron chi connectivity index (χ0n) is 11.3. The van der Waals surface area contributed by atoms with E-state index in [4.69, 9.17) is 4.74 Å². The maximum atomic E-state index is 13.0. The Hall–Kier alpha value is -2.07. The normalized spacial score (nSPS) is 11.9. The van der Waals surface area contributed by atoms with Crippen molar-refractivity contribution in [1.29, 1.82) is 0 Å². The van der Waals surface area contributed by atoms with Crippen LogP contribution in [-0.2, 0) is 0 Å². The number of hydrogen-bond acceptors (Lipinski definition) is 3. The van der Waals surface area contributed by atoms with Gasteiger partial charge in [-0.1, -0.05) is 18.2 Å². The molecule has 0 fully saturated rings. The SMILES string of the molecule is Cc1cc(F)ccc1NCC(O)COc1ccccc1. The molecule has 2 N–H and O–H groups in total. The molecule has 1 atom stereocenters. The minimum absolute atomic E-state index is 0.206. The van der Waals surface area contributed by atoms with Crippen molar-refractivity contribution in [2.75, 3.05) is 18.5 Å². The second kappa shape index (κ2) is 6.91. The molecule has 4 heteroatoms. The molecule has 2 aromatic carbocycles. The zero-order chi connectivity index (χ0) is 14.4. The van der Waals surface area contributed by atoms with Crippen molar-refractivity contribution in [1.82, 2.24) is 0 Å². The smallest absolute Gasteiger partial charge is 0.123 e. The number of anilines is 1. The van der Waals surface area contributed by atoms with Crippen LogP contribution in [0.3, 0.4) is 0 Å². The molecule has 2 aromatic rings. The molecule has 0 aliphatic carbocycles. The monoisotopic (exact) mass is 275 g/mol. The standard InChI is InChI=1S/C16H18FNO2/c1-12-9-13(17)7-8-16(12)18-10-14(19)11-20-15-5-3-2-4-6-15/h2-9,14,18-19H,10-11H2,1H3. The molecular formula is C16H18FNO2. The summed E-state index contributed by atoms with van der Waals surface area (Å²) in [5.41, 5.74) is 1.62. The van der Waals surface area contributed by atoms with Crippen LogP contribution in [0.4, 0.5) is 10.1 Å². The highest BCUT2D eigenvalue weighted by Gasteiger charge is 2.06. The summed E-state index contributed by atoms with van der Waals surface area (Å²) in [5.74, 6) is 0.463. The molecule has 0 saturated carbocycles. The number of aliphatic hydroxyl groups is 1. The third-order valence-corrected chi connectivity index (χ3v) is 2.90. The fourth-order valence-corrected chi connectivity index (χ4v) is 1.82. The molecule has 0 aliphatic rings. The lowest BCUT2D eigenvalue weighted by molar-refractivity contribution is 0.117. The molecule has 2 rings (SSSR count). The van der Waals surface area contributed by atoms with Gasteiger partial charge in [0.15, 0.2) is 0 Å². The highest BCUT2D eigenvalue weighted by atomic mass is 19.1. The first-order valence-electron chi connectivity index (χ1n) is 6.51. The lowest BCUT2D eigenvalue weighted by atomic mass is 10.2. The number of halogens is 1. The first kappa shape index (κ1) is 14.3. The summed E-state index contributed by atoms with van der Waals surface area (Å²) >= 11 is 0. The van der Waals surface area contributed by atoms with Crippen LogP contribution < -0.4 is 10.1 Å². The van der Waals surface area contributed by atoms with E-state index in [0.717, 1.165) is 17.0 Å². The molecule has 0 amide bonds. The van der Waals surface area contributed by atoms with E-state index in [0.29, 0.717) is 6.54 Å². The largest absolute Gasteiger partial charge is 0.491 e. The number of hydrogen-bond donors (Lipinski definition) is 2. The van der Waals surface area contributed by atoms with E-state index in [1.807, 2.05) is 37.3 Å². The number of para-hydroxylation sites is 1. The average molecular weight is 275 g/mol. The molecule has 0 aliphatic heterocycles. The maximum Gasteiger partial charge on any atom is 0.123 e. The molecular weight excluding hydrogens is 257 g/mol. The van der Waals surface area contributed by atoms with Crippen LogP contribution in [-0.4, -0.2) is 24.4 Å².